The lowest BCUT2D eigenvalue weighted by molar-refractivity contribution is -0.117. The number of benzene rings is 1. The highest BCUT2D eigenvalue weighted by molar-refractivity contribution is 6.02. The van der Waals surface area contributed by atoms with Crippen molar-refractivity contribution in [2.45, 2.75) is 98.3 Å². The van der Waals surface area contributed by atoms with Crippen LogP contribution in [0.2, 0.25) is 0 Å². The van der Waals surface area contributed by atoms with Gasteiger partial charge < -0.3 is 4.79 Å². The monoisotopic (exact) mass is 401 g/mol. The predicted molar refractivity (Wildman–Crippen MR) is 128 cm³/mol. The van der Waals surface area contributed by atoms with Gasteiger partial charge in [0.15, 0.2) is 5.78 Å². The Morgan fingerprint density at radius 3 is 2.14 bits per heavy atom. The van der Waals surface area contributed by atoms with Gasteiger partial charge in [0.2, 0.25) is 0 Å². The van der Waals surface area contributed by atoms with Gasteiger partial charge in [-0.2, -0.15) is 0 Å². The third-order valence-electron chi connectivity index (χ3n) is 5.51. The summed E-state index contributed by atoms with van der Waals surface area (Å²) < 4.78 is 0. The van der Waals surface area contributed by atoms with E-state index in [-0.39, 0.29) is 2.85 Å². The molecule has 1 radical (unpaired) electrons. The normalized spacial score (nSPS) is 15.2. The van der Waals surface area contributed by atoms with Crippen molar-refractivity contribution >= 4 is 11.6 Å². The van der Waals surface area contributed by atoms with Crippen LogP contribution in [0.3, 0.4) is 0 Å². The van der Waals surface area contributed by atoms with Crippen LogP contribution in [0, 0.1) is 19.3 Å². The van der Waals surface area contributed by atoms with E-state index in [4.69, 9.17) is 0 Å². The van der Waals surface area contributed by atoms with Gasteiger partial charge in [0.25, 0.3) is 0 Å². The Hall–Kier alpha value is -1.70. The molecule has 1 aromatic rings. The number of ketones is 2. The zero-order chi connectivity index (χ0) is 21.5. The van der Waals surface area contributed by atoms with E-state index in [1.807, 2.05) is 26.3 Å². The van der Waals surface area contributed by atoms with Gasteiger partial charge in [-0.05, 0) is 50.2 Å². The molecule has 0 aromatic heterocycles. The van der Waals surface area contributed by atoms with Crippen LogP contribution in [-0.2, 0) is 16.0 Å². The number of allylic oxidation sites excluding steroid dienone is 2. The van der Waals surface area contributed by atoms with E-state index in [2.05, 4.69) is 31.2 Å². The molecule has 0 aliphatic heterocycles. The fourth-order valence-corrected chi connectivity index (χ4v) is 3.70. The van der Waals surface area contributed by atoms with Gasteiger partial charge in [0.05, 0.1) is 0 Å². The Bertz CT molecular complexity index is 629. The van der Waals surface area contributed by atoms with Gasteiger partial charge in [-0.1, -0.05) is 88.3 Å². The smallest absolute Gasteiger partial charge is 0.159 e. The maximum Gasteiger partial charge on any atom is 0.159 e. The van der Waals surface area contributed by atoms with Crippen LogP contribution in [0.25, 0.3) is 0 Å². The minimum absolute atomic E-state index is 0. The molecule has 0 heterocycles. The van der Waals surface area contributed by atoms with E-state index in [0.717, 1.165) is 37.2 Å². The van der Waals surface area contributed by atoms with Gasteiger partial charge in [-0.15, -0.1) is 0 Å². The Morgan fingerprint density at radius 1 is 0.966 bits per heavy atom. The van der Waals surface area contributed by atoms with Crippen LogP contribution in [0.1, 0.15) is 99.0 Å². The largest absolute Gasteiger partial charge is 0.300 e. The molecule has 1 aromatic carbocycles. The maximum atomic E-state index is 11.4. The first kappa shape index (κ1) is 25.3. The van der Waals surface area contributed by atoms with E-state index < -0.39 is 0 Å². The van der Waals surface area contributed by atoms with Crippen molar-refractivity contribution in [2.24, 2.45) is 5.92 Å². The average Bonchev–Trinajstić information content (AvgIpc) is 3.57. The summed E-state index contributed by atoms with van der Waals surface area (Å²) in [6, 6.07) is 8.52. The topological polar surface area (TPSA) is 34.1 Å². The molecule has 2 aliphatic rings. The van der Waals surface area contributed by atoms with Crippen molar-refractivity contribution in [1.82, 2.24) is 0 Å². The van der Waals surface area contributed by atoms with E-state index in [1.54, 1.807) is 6.92 Å². The van der Waals surface area contributed by atoms with Crippen LogP contribution in [0.4, 0.5) is 0 Å². The molecule has 2 heteroatoms. The lowest BCUT2D eigenvalue weighted by atomic mass is 9.85. The van der Waals surface area contributed by atoms with Crippen LogP contribution < -0.4 is 0 Å². The molecule has 0 saturated heterocycles. The molecule has 2 nitrogen and oxygen atoms in total. The number of carbonyl (C=O) groups excluding carboxylic acids is 2. The van der Waals surface area contributed by atoms with Gasteiger partial charge in [-0.25, -0.2) is 0 Å². The number of hydrogen-bond donors (Lipinski definition) is 0. The van der Waals surface area contributed by atoms with Crippen LogP contribution >= 0.6 is 0 Å². The maximum absolute atomic E-state index is 11.4. The van der Waals surface area contributed by atoms with Crippen LogP contribution in [-0.4, -0.2) is 11.6 Å². The summed E-state index contributed by atoms with van der Waals surface area (Å²) in [7, 11) is 0. The van der Waals surface area contributed by atoms with Gasteiger partial charge >= 0.3 is 0 Å². The minimum Gasteiger partial charge on any atom is -0.300 e. The molecule has 0 unspecified atom stereocenters. The van der Waals surface area contributed by atoms with Crippen molar-refractivity contribution < 1.29 is 12.4 Å². The first-order valence-electron chi connectivity index (χ1n) is 11.7. The van der Waals surface area contributed by atoms with E-state index in [9.17, 15) is 9.59 Å². The highest BCUT2D eigenvalue weighted by Gasteiger charge is 2.16. The molecule has 29 heavy (non-hydrogen) atoms. The van der Waals surface area contributed by atoms with Crippen LogP contribution in [0.15, 0.2) is 35.9 Å². The Labute approximate surface area is 182 Å². The lowest BCUT2D eigenvalue weighted by Gasteiger charge is -2.20. The summed E-state index contributed by atoms with van der Waals surface area (Å²) in [5, 5.41) is 0. The number of hydrogen-bond acceptors (Lipinski definition) is 2. The van der Waals surface area contributed by atoms with Gasteiger partial charge in [0.1, 0.15) is 5.78 Å². The molecule has 0 amide bonds. The third kappa shape index (κ3) is 12.5. The van der Waals surface area contributed by atoms with Gasteiger partial charge in [-0.3, -0.25) is 4.79 Å². The lowest BCUT2D eigenvalue weighted by Crippen LogP contribution is -2.06. The van der Waals surface area contributed by atoms with Crippen molar-refractivity contribution in [3.8, 4) is 0 Å². The summed E-state index contributed by atoms with van der Waals surface area (Å²) in [5.74, 6) is 1.59. The van der Waals surface area contributed by atoms with E-state index in [1.165, 1.54) is 49.7 Å². The van der Waals surface area contributed by atoms with Crippen LogP contribution in [0.5, 0.6) is 0 Å². The molecule has 0 atom stereocenters. The number of rotatable bonds is 9. The fourth-order valence-electron chi connectivity index (χ4n) is 3.70. The molecule has 3 rings (SSSR count). The van der Waals surface area contributed by atoms with Crippen molar-refractivity contribution in [2.75, 3.05) is 0 Å². The molecule has 0 spiro atoms. The molecule has 1 saturated carbocycles. The summed E-state index contributed by atoms with van der Waals surface area (Å²) in [6.45, 7) is 7.78. The SMILES string of the molecule is CC.CC(=O)CCCC1CCCCC1.Cc1ccc(CCCC(=O)C2=C[CH]2)cc1.[HH].[HH]. The Morgan fingerprint density at radius 2 is 1.59 bits per heavy atom. The molecule has 0 bridgehead atoms. The Balaban J connectivity index is 0. The van der Waals surface area contributed by atoms with E-state index in [0.29, 0.717) is 18.0 Å². The van der Waals surface area contributed by atoms with E-state index >= 15 is 0 Å². The summed E-state index contributed by atoms with van der Waals surface area (Å²) in [5.41, 5.74) is 3.52. The molecular formula is C27H45O2. The number of carbonyl (C=O) groups is 2. The third-order valence-corrected chi connectivity index (χ3v) is 5.51. The second kappa shape index (κ2) is 15.2. The number of aryl methyl sites for hydroxylation is 2. The van der Waals surface area contributed by atoms with Crippen molar-refractivity contribution in [1.29, 1.82) is 0 Å². The fraction of sp³-hybridized carbons (Fsp3) is 0.593. The van der Waals surface area contributed by atoms with Crippen molar-refractivity contribution in [3.05, 3.63) is 53.5 Å². The minimum atomic E-state index is 0. The Kier molecular flexibility index (Phi) is 13.3. The zero-order valence-electron chi connectivity index (χ0n) is 19.1. The predicted octanol–water partition coefficient (Wildman–Crippen LogP) is 7.88. The molecule has 0 N–H and O–H groups in total. The van der Waals surface area contributed by atoms with Gasteiger partial charge in [0, 0.05) is 22.1 Å². The summed E-state index contributed by atoms with van der Waals surface area (Å²) >= 11 is 0. The molecule has 2 aliphatic carbocycles. The first-order chi connectivity index (χ1) is 14.0. The first-order valence-corrected chi connectivity index (χ1v) is 11.7. The highest BCUT2D eigenvalue weighted by atomic mass is 16.1. The molecular weight excluding hydrogens is 356 g/mol. The zero-order valence-corrected chi connectivity index (χ0v) is 19.1. The summed E-state index contributed by atoms with van der Waals surface area (Å²) in [6.07, 6.45) is 16.7. The average molecular weight is 402 g/mol. The molecule has 1 fully saturated rings. The molecule has 165 valence electrons. The second-order valence-corrected chi connectivity index (χ2v) is 8.15. The summed E-state index contributed by atoms with van der Waals surface area (Å²) in [4.78, 5) is 22.0. The second-order valence-electron chi connectivity index (χ2n) is 8.15. The quantitative estimate of drug-likeness (QED) is 0.422. The van der Waals surface area contributed by atoms with Crippen molar-refractivity contribution in [3.63, 3.8) is 0 Å². The highest BCUT2D eigenvalue weighted by Crippen LogP contribution is 2.27. The standard InChI is InChI=1S/C14H15O.C11H20O.C2H6.2H2/c1-11-5-7-12(8-6-11)3-2-4-14(15)13-9-10-13;1-10(12)6-5-9-11-7-3-2-4-8-11;1-2;;/h5-10H,2-4H2,1H3;11H,2-9H2,1H3;1-2H3;2*1H. The number of Topliss-reactive ketones (excluding diaryl/α,β-unsaturated/α-hetero) is 2.